The Bertz CT molecular complexity index is 853. The van der Waals surface area contributed by atoms with Crippen LogP contribution in [0.3, 0.4) is 0 Å². The summed E-state index contributed by atoms with van der Waals surface area (Å²) in [5.74, 6) is 0. The third kappa shape index (κ3) is 5.64. The predicted molar refractivity (Wildman–Crippen MR) is 130 cm³/mol. The molecule has 0 saturated heterocycles. The van der Waals surface area contributed by atoms with Crippen molar-refractivity contribution in [1.82, 2.24) is 10.1 Å². The summed E-state index contributed by atoms with van der Waals surface area (Å²) in [6.07, 6.45) is 2.67. The van der Waals surface area contributed by atoms with E-state index in [1.54, 1.807) is 0 Å². The van der Waals surface area contributed by atoms with Gasteiger partial charge in [-0.15, -0.1) is 0 Å². The van der Waals surface area contributed by atoms with Crippen molar-refractivity contribution in [3.8, 4) is 0 Å². The summed E-state index contributed by atoms with van der Waals surface area (Å²) in [7, 11) is 2.52. The largest absolute Gasteiger partial charge is 0.349 e. The molecule has 0 unspecified atom stereocenters. The number of urea groups is 2. The van der Waals surface area contributed by atoms with E-state index in [0.29, 0.717) is 47.2 Å². The summed E-state index contributed by atoms with van der Waals surface area (Å²) in [5.41, 5.74) is 5.03. The van der Waals surface area contributed by atoms with Gasteiger partial charge >= 0.3 is 12.1 Å². The van der Waals surface area contributed by atoms with Crippen LogP contribution >= 0.6 is 0 Å². The Labute approximate surface area is 196 Å². The number of carbonyl (C=O) groups excluding carboxylic acids is 2. The SMILES string of the molecule is CCc1cccc(CC)c1N(CN(C(=O)N(C)O)c1c(CC)cccc1CC)C(=O)N(C)O. The van der Waals surface area contributed by atoms with Crippen LogP contribution in [0.5, 0.6) is 0 Å². The Hall–Kier alpha value is -3.10. The van der Waals surface area contributed by atoms with E-state index in [1.165, 1.54) is 23.9 Å². The van der Waals surface area contributed by atoms with E-state index in [-0.39, 0.29) is 6.67 Å². The van der Waals surface area contributed by atoms with Gasteiger partial charge in [-0.05, 0) is 47.9 Å². The Morgan fingerprint density at radius 1 is 0.636 bits per heavy atom. The zero-order chi connectivity index (χ0) is 24.7. The first-order valence-corrected chi connectivity index (χ1v) is 11.4. The first kappa shape index (κ1) is 26.2. The molecule has 0 fully saturated rings. The van der Waals surface area contributed by atoms with Gasteiger partial charge < -0.3 is 0 Å². The van der Waals surface area contributed by atoms with Gasteiger partial charge in [0, 0.05) is 14.1 Å². The summed E-state index contributed by atoms with van der Waals surface area (Å²) in [6.45, 7) is 7.80. The van der Waals surface area contributed by atoms with Crippen molar-refractivity contribution in [1.29, 1.82) is 0 Å². The van der Waals surface area contributed by atoms with Crippen LogP contribution in [0.15, 0.2) is 36.4 Å². The molecule has 8 nitrogen and oxygen atoms in total. The lowest BCUT2D eigenvalue weighted by molar-refractivity contribution is -0.0173. The van der Waals surface area contributed by atoms with Crippen molar-refractivity contribution >= 4 is 23.4 Å². The molecule has 33 heavy (non-hydrogen) atoms. The lowest BCUT2D eigenvalue weighted by Gasteiger charge is -2.36. The number of hydroxylamine groups is 4. The van der Waals surface area contributed by atoms with Crippen LogP contribution in [0, 0.1) is 0 Å². The Balaban J connectivity index is 2.78. The van der Waals surface area contributed by atoms with Gasteiger partial charge in [0.1, 0.15) is 6.67 Å². The van der Waals surface area contributed by atoms with Gasteiger partial charge in [-0.3, -0.25) is 20.2 Å². The van der Waals surface area contributed by atoms with E-state index in [0.717, 1.165) is 22.3 Å². The fraction of sp³-hybridized carbons (Fsp3) is 0.440. The molecule has 0 radical (unpaired) electrons. The standard InChI is InChI=1S/C25H36N4O4/c1-7-18-13-11-14-19(8-2)22(18)28(24(30)26(5)32)17-29(25(31)27(6)33)23-20(9-3)15-12-16-21(23)10-4/h11-16,32-33H,7-10,17H2,1-6H3. The van der Waals surface area contributed by atoms with E-state index >= 15 is 0 Å². The zero-order valence-corrected chi connectivity index (χ0v) is 20.5. The van der Waals surface area contributed by atoms with Crippen molar-refractivity contribution in [2.45, 2.75) is 53.4 Å². The molecule has 0 saturated carbocycles. The highest BCUT2D eigenvalue weighted by Gasteiger charge is 2.31. The highest BCUT2D eigenvalue weighted by Crippen LogP contribution is 2.32. The van der Waals surface area contributed by atoms with Gasteiger partial charge in [0.25, 0.3) is 0 Å². The van der Waals surface area contributed by atoms with Crippen molar-refractivity contribution < 1.29 is 20.0 Å². The van der Waals surface area contributed by atoms with E-state index < -0.39 is 12.1 Å². The molecular weight excluding hydrogens is 420 g/mol. The van der Waals surface area contributed by atoms with E-state index in [4.69, 9.17) is 0 Å². The third-order valence-electron chi connectivity index (χ3n) is 5.77. The molecule has 0 aliphatic carbocycles. The minimum Gasteiger partial charge on any atom is -0.285 e. The van der Waals surface area contributed by atoms with Crippen molar-refractivity contribution in [3.05, 3.63) is 58.7 Å². The van der Waals surface area contributed by atoms with Gasteiger partial charge in [0.05, 0.1) is 11.4 Å². The molecule has 0 aliphatic rings. The summed E-state index contributed by atoms with van der Waals surface area (Å²) in [6, 6.07) is 10.3. The molecule has 8 heteroatoms. The minimum absolute atomic E-state index is 0.179. The monoisotopic (exact) mass is 456 g/mol. The fourth-order valence-electron chi connectivity index (χ4n) is 4.07. The average molecular weight is 457 g/mol. The topological polar surface area (TPSA) is 87.6 Å². The van der Waals surface area contributed by atoms with Gasteiger partial charge in [-0.1, -0.05) is 64.1 Å². The van der Waals surface area contributed by atoms with Gasteiger partial charge in [0.2, 0.25) is 0 Å². The molecule has 0 heterocycles. The Morgan fingerprint density at radius 2 is 0.909 bits per heavy atom. The molecular formula is C25H36N4O4. The molecule has 2 rings (SSSR count). The lowest BCUT2D eigenvalue weighted by Crippen LogP contribution is -2.51. The van der Waals surface area contributed by atoms with Crippen LogP contribution in [0.4, 0.5) is 21.0 Å². The molecule has 180 valence electrons. The number of carbonyl (C=O) groups is 2. The normalized spacial score (nSPS) is 10.7. The minimum atomic E-state index is -0.670. The molecule has 4 amide bonds. The number of amides is 4. The van der Waals surface area contributed by atoms with Gasteiger partial charge in [0.15, 0.2) is 0 Å². The maximum Gasteiger partial charge on any atom is 0.349 e. The van der Waals surface area contributed by atoms with Crippen LogP contribution in [0.25, 0.3) is 0 Å². The summed E-state index contributed by atoms with van der Waals surface area (Å²) in [4.78, 5) is 29.3. The van der Waals surface area contributed by atoms with E-state index in [9.17, 15) is 20.0 Å². The average Bonchev–Trinajstić information content (AvgIpc) is 2.82. The second-order valence-electron chi connectivity index (χ2n) is 7.87. The molecule has 0 atom stereocenters. The maximum absolute atomic E-state index is 13.2. The second kappa shape index (κ2) is 11.7. The fourth-order valence-corrected chi connectivity index (χ4v) is 4.07. The lowest BCUT2D eigenvalue weighted by atomic mass is 10.0. The number of anilines is 2. The molecule has 0 spiro atoms. The molecule has 2 aromatic carbocycles. The molecule has 2 aromatic rings. The van der Waals surface area contributed by atoms with Crippen molar-refractivity contribution in [3.63, 3.8) is 0 Å². The number of para-hydroxylation sites is 2. The highest BCUT2D eigenvalue weighted by atomic mass is 16.5. The van der Waals surface area contributed by atoms with Crippen LogP contribution in [0.2, 0.25) is 0 Å². The number of benzene rings is 2. The maximum atomic E-state index is 13.2. The van der Waals surface area contributed by atoms with Crippen molar-refractivity contribution in [2.24, 2.45) is 0 Å². The third-order valence-corrected chi connectivity index (χ3v) is 5.77. The quantitative estimate of drug-likeness (QED) is 0.329. The molecule has 0 aromatic heterocycles. The number of hydrogen-bond donors (Lipinski definition) is 2. The van der Waals surface area contributed by atoms with Crippen LogP contribution in [0.1, 0.15) is 49.9 Å². The zero-order valence-electron chi connectivity index (χ0n) is 20.5. The Morgan fingerprint density at radius 3 is 1.12 bits per heavy atom. The van der Waals surface area contributed by atoms with Crippen LogP contribution in [-0.4, -0.2) is 53.4 Å². The first-order chi connectivity index (χ1) is 15.7. The number of hydrogen-bond acceptors (Lipinski definition) is 4. The van der Waals surface area contributed by atoms with Crippen molar-refractivity contribution in [2.75, 3.05) is 30.6 Å². The number of nitrogens with zero attached hydrogens (tertiary/aromatic N) is 4. The number of rotatable bonds is 8. The predicted octanol–water partition coefficient (Wildman–Crippen LogP) is 5.09. The number of aryl methyl sites for hydroxylation is 4. The summed E-state index contributed by atoms with van der Waals surface area (Å²) in [5, 5.41) is 21.2. The van der Waals surface area contributed by atoms with E-state index in [1.807, 2.05) is 64.1 Å². The smallest absolute Gasteiger partial charge is 0.285 e. The first-order valence-electron chi connectivity index (χ1n) is 11.4. The molecule has 0 aliphatic heterocycles. The summed E-state index contributed by atoms with van der Waals surface area (Å²) >= 11 is 0. The van der Waals surface area contributed by atoms with E-state index in [2.05, 4.69) is 0 Å². The Kier molecular flexibility index (Phi) is 9.25. The molecule has 2 N–H and O–H groups in total. The van der Waals surface area contributed by atoms with Crippen LogP contribution < -0.4 is 9.80 Å². The second-order valence-corrected chi connectivity index (χ2v) is 7.87. The van der Waals surface area contributed by atoms with Gasteiger partial charge in [-0.2, -0.15) is 0 Å². The summed E-state index contributed by atoms with van der Waals surface area (Å²) < 4.78 is 0. The molecule has 0 bridgehead atoms. The van der Waals surface area contributed by atoms with Gasteiger partial charge in [-0.25, -0.2) is 19.7 Å². The highest BCUT2D eigenvalue weighted by molar-refractivity contribution is 5.98. The van der Waals surface area contributed by atoms with Crippen LogP contribution in [-0.2, 0) is 25.7 Å².